The lowest BCUT2D eigenvalue weighted by atomic mass is 9.65. The zero-order valence-corrected chi connectivity index (χ0v) is 15.9. The summed E-state index contributed by atoms with van der Waals surface area (Å²) in [5.74, 6) is -1.50. The monoisotopic (exact) mass is 359 g/mol. The molecule has 2 atom stereocenters. The number of ketones is 1. The molecule has 2 fully saturated rings. The molecule has 0 amide bonds. The number of Topliss-reactive ketones (excluding diaryl/α,β-unsaturated/α-hetero) is 1. The van der Waals surface area contributed by atoms with Crippen molar-refractivity contribution in [1.29, 1.82) is 0 Å². The first-order valence-electron chi connectivity index (χ1n) is 9.48. The number of hydrogen-bond donors (Lipinski definition) is 2. The summed E-state index contributed by atoms with van der Waals surface area (Å²) in [7, 11) is 0. The highest BCUT2D eigenvalue weighted by atomic mass is 16.4. The zero-order valence-electron chi connectivity index (χ0n) is 15.9. The molecular formula is C20H29N3O3. The maximum atomic E-state index is 13.8. The molecule has 0 aromatic carbocycles. The number of piperidine rings is 1. The lowest BCUT2D eigenvalue weighted by molar-refractivity contribution is -0.155. The minimum absolute atomic E-state index is 0.0771. The van der Waals surface area contributed by atoms with Gasteiger partial charge in [0.05, 0.1) is 0 Å². The Labute approximate surface area is 155 Å². The number of carbonyl (C=O) groups is 2. The number of anilines is 1. The number of aliphatic carboxylic acids is 1. The van der Waals surface area contributed by atoms with Crippen molar-refractivity contribution in [3.8, 4) is 0 Å². The predicted octanol–water partition coefficient (Wildman–Crippen LogP) is 2.49. The van der Waals surface area contributed by atoms with Gasteiger partial charge in [0.2, 0.25) is 5.54 Å². The molecule has 2 aliphatic rings. The molecule has 1 aliphatic carbocycles. The van der Waals surface area contributed by atoms with Gasteiger partial charge in [-0.3, -0.25) is 9.78 Å². The molecule has 2 unspecified atom stereocenters. The minimum Gasteiger partial charge on any atom is -0.479 e. The molecule has 0 spiro atoms. The van der Waals surface area contributed by atoms with E-state index < -0.39 is 16.9 Å². The van der Waals surface area contributed by atoms with Gasteiger partial charge >= 0.3 is 5.97 Å². The minimum atomic E-state index is -1.60. The van der Waals surface area contributed by atoms with Gasteiger partial charge in [0.1, 0.15) is 0 Å². The van der Waals surface area contributed by atoms with Crippen LogP contribution in [0.3, 0.4) is 0 Å². The molecule has 2 N–H and O–H groups in total. The molecule has 6 heteroatoms. The van der Waals surface area contributed by atoms with E-state index in [1.165, 1.54) is 0 Å². The van der Waals surface area contributed by atoms with E-state index in [0.717, 1.165) is 37.9 Å². The highest BCUT2D eigenvalue weighted by molar-refractivity contribution is 6.13. The number of pyridine rings is 1. The van der Waals surface area contributed by atoms with Crippen LogP contribution in [-0.2, 0) is 9.59 Å². The van der Waals surface area contributed by atoms with E-state index in [-0.39, 0.29) is 17.7 Å². The topological polar surface area (TPSA) is 82.5 Å². The number of carboxylic acid groups (broad SMARTS) is 1. The average Bonchev–Trinajstić information content (AvgIpc) is 3.43. The third-order valence-corrected chi connectivity index (χ3v) is 5.63. The Balaban J connectivity index is 2.15. The van der Waals surface area contributed by atoms with Crippen molar-refractivity contribution < 1.29 is 14.7 Å². The summed E-state index contributed by atoms with van der Waals surface area (Å²) in [6.45, 7) is 7.04. The SMILES string of the molecule is CC(C)(C)C(C(=O)O)(C(=O)C1CCCNC1)N(c1ccncc1)C1CC1. The van der Waals surface area contributed by atoms with Crippen LogP contribution >= 0.6 is 0 Å². The fraction of sp³-hybridized carbons (Fsp3) is 0.650. The second-order valence-corrected chi connectivity index (χ2v) is 8.48. The van der Waals surface area contributed by atoms with Crippen LogP contribution in [0.25, 0.3) is 0 Å². The van der Waals surface area contributed by atoms with Crippen LogP contribution in [0.1, 0.15) is 46.5 Å². The van der Waals surface area contributed by atoms with Crippen LogP contribution in [0.4, 0.5) is 5.69 Å². The third-order valence-electron chi connectivity index (χ3n) is 5.63. The average molecular weight is 359 g/mol. The molecule has 1 saturated heterocycles. The molecular weight excluding hydrogens is 330 g/mol. The molecule has 1 aliphatic heterocycles. The summed E-state index contributed by atoms with van der Waals surface area (Å²) >= 11 is 0. The van der Waals surface area contributed by atoms with Crippen molar-refractivity contribution >= 4 is 17.4 Å². The Kier molecular flexibility index (Phi) is 5.06. The van der Waals surface area contributed by atoms with Gasteiger partial charge in [-0.05, 0) is 44.4 Å². The molecule has 142 valence electrons. The van der Waals surface area contributed by atoms with Gasteiger partial charge in [0.25, 0.3) is 0 Å². The predicted molar refractivity (Wildman–Crippen MR) is 100 cm³/mol. The lowest BCUT2D eigenvalue weighted by Crippen LogP contribution is -2.70. The Morgan fingerprint density at radius 1 is 1.19 bits per heavy atom. The first-order chi connectivity index (χ1) is 12.3. The van der Waals surface area contributed by atoms with Gasteiger partial charge in [-0.15, -0.1) is 0 Å². The Morgan fingerprint density at radius 3 is 2.31 bits per heavy atom. The van der Waals surface area contributed by atoms with Crippen LogP contribution in [0.15, 0.2) is 24.5 Å². The van der Waals surface area contributed by atoms with Crippen LogP contribution < -0.4 is 10.2 Å². The van der Waals surface area contributed by atoms with E-state index in [2.05, 4.69) is 10.3 Å². The normalized spacial score (nSPS) is 23.1. The maximum absolute atomic E-state index is 13.8. The third kappa shape index (κ3) is 3.11. The number of carboxylic acids is 1. The first kappa shape index (κ1) is 18.8. The fourth-order valence-corrected chi connectivity index (χ4v) is 4.27. The van der Waals surface area contributed by atoms with E-state index in [4.69, 9.17) is 0 Å². The number of hydrogen-bond acceptors (Lipinski definition) is 5. The highest BCUT2D eigenvalue weighted by Gasteiger charge is 2.63. The van der Waals surface area contributed by atoms with Gasteiger partial charge in [-0.2, -0.15) is 0 Å². The maximum Gasteiger partial charge on any atom is 0.337 e. The van der Waals surface area contributed by atoms with Crippen molar-refractivity contribution in [2.45, 2.75) is 58.0 Å². The van der Waals surface area contributed by atoms with Gasteiger partial charge < -0.3 is 15.3 Å². The summed E-state index contributed by atoms with van der Waals surface area (Å²) in [6, 6.07) is 3.70. The highest BCUT2D eigenvalue weighted by Crippen LogP contribution is 2.47. The van der Waals surface area contributed by atoms with Crippen molar-refractivity contribution in [3.63, 3.8) is 0 Å². The largest absolute Gasteiger partial charge is 0.479 e. The molecule has 6 nitrogen and oxygen atoms in total. The smallest absolute Gasteiger partial charge is 0.337 e. The molecule has 0 bridgehead atoms. The van der Waals surface area contributed by atoms with Crippen molar-refractivity contribution in [2.75, 3.05) is 18.0 Å². The van der Waals surface area contributed by atoms with Gasteiger partial charge in [-0.1, -0.05) is 20.8 Å². The number of nitrogens with one attached hydrogen (secondary N) is 1. The van der Waals surface area contributed by atoms with Crippen molar-refractivity contribution in [3.05, 3.63) is 24.5 Å². The summed E-state index contributed by atoms with van der Waals surface area (Å²) in [6.07, 6.45) is 6.77. The van der Waals surface area contributed by atoms with E-state index >= 15 is 0 Å². The summed E-state index contributed by atoms with van der Waals surface area (Å²) in [4.78, 5) is 32.5. The molecule has 1 aromatic heterocycles. The van der Waals surface area contributed by atoms with Gasteiger partial charge in [-0.25, -0.2) is 4.79 Å². The van der Waals surface area contributed by atoms with Gasteiger partial charge in [0, 0.05) is 42.0 Å². The molecule has 3 rings (SSSR count). The van der Waals surface area contributed by atoms with Crippen molar-refractivity contribution in [1.82, 2.24) is 10.3 Å². The summed E-state index contributed by atoms with van der Waals surface area (Å²) in [5.41, 5.74) is -1.60. The first-order valence-corrected chi connectivity index (χ1v) is 9.48. The summed E-state index contributed by atoms with van der Waals surface area (Å²) in [5, 5.41) is 13.7. The standard InChI is InChI=1S/C20H29N3O3/c1-19(2,3)20(18(25)26,17(24)14-5-4-10-22-13-14)23(15-6-7-15)16-8-11-21-12-9-16/h8-9,11-12,14-15,22H,4-7,10,13H2,1-3H3,(H,25,26). The Bertz CT molecular complexity index is 661. The number of nitrogens with zero attached hydrogens (tertiary/aromatic N) is 2. The Hall–Kier alpha value is -1.95. The fourth-order valence-electron chi connectivity index (χ4n) is 4.27. The van der Waals surface area contributed by atoms with Crippen LogP contribution in [-0.4, -0.2) is 46.5 Å². The molecule has 1 saturated carbocycles. The second kappa shape index (κ2) is 6.99. The quantitative estimate of drug-likeness (QED) is 0.760. The molecule has 26 heavy (non-hydrogen) atoms. The van der Waals surface area contributed by atoms with E-state index in [0.29, 0.717) is 6.54 Å². The number of carbonyl (C=O) groups excluding carboxylic acids is 1. The summed E-state index contributed by atoms with van der Waals surface area (Å²) < 4.78 is 0. The van der Waals surface area contributed by atoms with Crippen LogP contribution in [0, 0.1) is 11.3 Å². The van der Waals surface area contributed by atoms with E-state index in [1.54, 1.807) is 12.4 Å². The second-order valence-electron chi connectivity index (χ2n) is 8.48. The Morgan fingerprint density at radius 2 is 1.85 bits per heavy atom. The molecule has 1 aromatic rings. The lowest BCUT2D eigenvalue weighted by Gasteiger charge is -2.50. The van der Waals surface area contributed by atoms with Crippen LogP contribution in [0.5, 0.6) is 0 Å². The molecule has 2 heterocycles. The van der Waals surface area contributed by atoms with Crippen LogP contribution in [0.2, 0.25) is 0 Å². The van der Waals surface area contributed by atoms with Crippen molar-refractivity contribution in [2.24, 2.45) is 11.3 Å². The zero-order chi connectivity index (χ0) is 18.9. The number of rotatable bonds is 6. The number of aromatic nitrogens is 1. The van der Waals surface area contributed by atoms with Gasteiger partial charge in [0.15, 0.2) is 5.78 Å². The van der Waals surface area contributed by atoms with E-state index in [1.807, 2.05) is 37.8 Å². The van der Waals surface area contributed by atoms with E-state index in [9.17, 15) is 14.7 Å². The molecule has 0 radical (unpaired) electrons.